The Morgan fingerprint density at radius 3 is 1.34 bits per heavy atom. The number of allylic oxidation sites excluding steroid dienone is 4. The molecule has 4 unspecified atom stereocenters. The second kappa shape index (κ2) is 19.2. The highest BCUT2D eigenvalue weighted by Crippen LogP contribution is 2.57. The van der Waals surface area contributed by atoms with E-state index in [2.05, 4.69) is 150 Å². The highest BCUT2D eigenvalue weighted by Gasteiger charge is 2.53. The van der Waals surface area contributed by atoms with E-state index in [1.807, 2.05) is 93.8 Å². The number of nitrogens with zero attached hydrogens (tertiary/aromatic N) is 4. The lowest BCUT2D eigenvalue weighted by Gasteiger charge is -2.34. The number of anilines is 8. The van der Waals surface area contributed by atoms with E-state index in [0.717, 1.165) is 69.0 Å². The molecule has 68 heavy (non-hydrogen) atoms. The average Bonchev–Trinajstić information content (AvgIpc) is 4.27. The average molecular weight is 901 g/mol. The Hall–Kier alpha value is -7.26. The summed E-state index contributed by atoms with van der Waals surface area (Å²) in [6, 6.07) is 46.2. The van der Waals surface area contributed by atoms with Crippen LogP contribution in [-0.4, -0.2) is 40.5 Å². The van der Waals surface area contributed by atoms with Gasteiger partial charge in [-0.3, -0.25) is 0 Å². The minimum Gasteiger partial charge on any atom is -0.453 e. The molecule has 2 fully saturated rings. The van der Waals surface area contributed by atoms with Crippen LogP contribution in [0.25, 0.3) is 12.2 Å². The number of fused-ring (bicyclic) bond motifs is 6. The van der Waals surface area contributed by atoms with Crippen LogP contribution in [0.5, 0.6) is 23.0 Å². The molecule has 6 aromatic rings. The van der Waals surface area contributed by atoms with E-state index in [4.69, 9.17) is 18.9 Å². The van der Waals surface area contributed by atoms with E-state index in [1.165, 1.54) is 46.7 Å². The number of rotatable bonds is 6. The number of benzene rings is 6. The standard InChI is InChI=1S/C30H28N2O2.C24H20N2O.C4H6O.C2H6/c1-31-21(16-20-17-23(20)24-18-30(24)33-2)12-11-19-15-22(13-14-25(19)31)32-26-7-3-5-9-28(26)34-29-10-6-4-8-27(29)32;1-3-18-13-12-17-16-19(14-15-20(17)25(18)2)26-21-8-4-6-10-23(21)27-24-11-7-5-9-22(24)26;1-5-4-2-3-4;1-2/h3-16,20,23-24,30H,17-18H2,1-2H3;3-16H,1-2H3;2-4H,1H3;1-2H3/b21-16+;18-3+;;. The van der Waals surface area contributed by atoms with Crippen LogP contribution in [0.4, 0.5) is 45.5 Å². The van der Waals surface area contributed by atoms with E-state index in [1.54, 1.807) is 7.11 Å². The molecule has 0 spiro atoms. The van der Waals surface area contributed by atoms with Crippen molar-refractivity contribution >= 4 is 57.7 Å². The van der Waals surface area contributed by atoms with Crippen molar-refractivity contribution in [1.82, 2.24) is 0 Å². The molecule has 4 aliphatic heterocycles. The molecule has 8 nitrogen and oxygen atoms in total. The van der Waals surface area contributed by atoms with Gasteiger partial charge in [-0.2, -0.15) is 0 Å². The summed E-state index contributed by atoms with van der Waals surface area (Å²) in [5.74, 6) is 5.78. The largest absolute Gasteiger partial charge is 0.453 e. The van der Waals surface area contributed by atoms with Gasteiger partial charge < -0.3 is 38.5 Å². The van der Waals surface area contributed by atoms with Crippen LogP contribution in [0, 0.1) is 17.8 Å². The van der Waals surface area contributed by atoms with Crippen LogP contribution in [-0.2, 0) is 9.47 Å². The van der Waals surface area contributed by atoms with Gasteiger partial charge in [-0.15, -0.1) is 0 Å². The van der Waals surface area contributed by atoms with Gasteiger partial charge in [-0.1, -0.05) is 98.8 Å². The van der Waals surface area contributed by atoms with Gasteiger partial charge in [-0.25, -0.2) is 0 Å². The zero-order chi connectivity index (χ0) is 46.9. The van der Waals surface area contributed by atoms with Gasteiger partial charge >= 0.3 is 0 Å². The summed E-state index contributed by atoms with van der Waals surface area (Å²) in [4.78, 5) is 9.12. The molecular weight excluding hydrogens is 841 g/mol. The normalized spacial score (nSPS) is 21.4. The summed E-state index contributed by atoms with van der Waals surface area (Å²) in [5.41, 5.74) is 13.9. The predicted molar refractivity (Wildman–Crippen MR) is 281 cm³/mol. The van der Waals surface area contributed by atoms with E-state index < -0.39 is 0 Å². The van der Waals surface area contributed by atoms with Crippen molar-refractivity contribution < 1.29 is 18.9 Å². The first-order valence-electron chi connectivity index (χ1n) is 24.0. The van der Waals surface area contributed by atoms with Gasteiger partial charge in [0.2, 0.25) is 0 Å². The third-order valence-electron chi connectivity index (χ3n) is 13.6. The second-order valence-electron chi connectivity index (χ2n) is 17.6. The lowest BCUT2D eigenvalue weighted by atomic mass is 10.0. The first kappa shape index (κ1) is 44.6. The molecule has 13 rings (SSSR count). The molecule has 2 saturated carbocycles. The SMILES string of the molecule is C/C=C1\C=Cc2cc(N3c4ccccc4Oc4ccccc43)ccc2N1C.CC.COC1C=C1.COC1CC1C1CC1/C=C1\C=Cc2cc(N3c4ccccc4Oc4ccccc43)ccc2N1C. The number of hydrogen-bond acceptors (Lipinski definition) is 8. The molecule has 0 bridgehead atoms. The fourth-order valence-electron chi connectivity index (χ4n) is 9.77. The van der Waals surface area contributed by atoms with Crippen LogP contribution in [0.2, 0.25) is 0 Å². The summed E-state index contributed by atoms with van der Waals surface area (Å²) in [7, 11) is 7.83. The van der Waals surface area contributed by atoms with Crippen LogP contribution in [0.1, 0.15) is 44.7 Å². The van der Waals surface area contributed by atoms with Crippen LogP contribution in [0.3, 0.4) is 0 Å². The van der Waals surface area contributed by atoms with Gasteiger partial charge in [0.25, 0.3) is 0 Å². The Balaban J connectivity index is 0.000000142. The quantitative estimate of drug-likeness (QED) is 0.153. The third kappa shape index (κ3) is 8.73. The van der Waals surface area contributed by atoms with Crippen molar-refractivity contribution in [3.8, 4) is 23.0 Å². The van der Waals surface area contributed by atoms with E-state index in [0.29, 0.717) is 18.1 Å². The van der Waals surface area contributed by atoms with Gasteiger partial charge in [-0.05, 0) is 135 Å². The molecule has 8 heteroatoms. The number of likely N-dealkylation sites (N-methyl/N-ethyl adjacent to an activating group) is 2. The Morgan fingerprint density at radius 2 is 0.941 bits per heavy atom. The van der Waals surface area contributed by atoms with Gasteiger partial charge in [0.1, 0.15) is 0 Å². The highest BCUT2D eigenvalue weighted by atomic mass is 16.5. The maximum Gasteiger partial charge on any atom is 0.151 e. The topological polar surface area (TPSA) is 49.9 Å². The van der Waals surface area contributed by atoms with Crippen molar-refractivity contribution in [3.63, 3.8) is 0 Å². The lowest BCUT2D eigenvalue weighted by Crippen LogP contribution is -2.20. The predicted octanol–water partition coefficient (Wildman–Crippen LogP) is 15.5. The zero-order valence-corrected chi connectivity index (χ0v) is 40.0. The van der Waals surface area contributed by atoms with E-state index >= 15 is 0 Å². The first-order chi connectivity index (χ1) is 33.4. The second-order valence-corrected chi connectivity index (χ2v) is 17.6. The smallest absolute Gasteiger partial charge is 0.151 e. The minimum absolute atomic E-state index is 0.384. The monoisotopic (exact) mass is 900 g/mol. The number of hydrogen-bond donors (Lipinski definition) is 0. The van der Waals surface area contributed by atoms with Crippen molar-refractivity contribution in [3.05, 3.63) is 192 Å². The summed E-state index contributed by atoms with van der Waals surface area (Å²) in [6.07, 6.45) is 20.9. The third-order valence-corrected chi connectivity index (χ3v) is 13.6. The molecule has 4 atom stereocenters. The molecule has 0 N–H and O–H groups in total. The first-order valence-corrected chi connectivity index (χ1v) is 24.0. The summed E-state index contributed by atoms with van der Waals surface area (Å²) in [6.45, 7) is 6.07. The fraction of sp³-hybridized carbons (Fsp3) is 0.233. The van der Waals surface area contributed by atoms with Gasteiger partial charge in [0.05, 0.1) is 35.0 Å². The van der Waals surface area contributed by atoms with Crippen LogP contribution < -0.4 is 29.1 Å². The lowest BCUT2D eigenvalue weighted by molar-refractivity contribution is 0.165. The Bertz CT molecular complexity index is 2890. The fourth-order valence-corrected chi connectivity index (χ4v) is 9.77. The Kier molecular flexibility index (Phi) is 12.6. The van der Waals surface area contributed by atoms with Gasteiger partial charge in [0, 0.05) is 73.6 Å². The number of methoxy groups -OCH3 is 2. The van der Waals surface area contributed by atoms with Crippen molar-refractivity contribution in [1.29, 1.82) is 0 Å². The maximum atomic E-state index is 6.18. The molecular formula is C60H60N4O4. The molecule has 7 aliphatic rings. The molecule has 0 saturated heterocycles. The van der Waals surface area contributed by atoms with Crippen molar-refractivity contribution in [2.75, 3.05) is 47.9 Å². The summed E-state index contributed by atoms with van der Waals surface area (Å²) < 4.78 is 22.6. The maximum absolute atomic E-state index is 6.18. The van der Waals surface area contributed by atoms with Crippen molar-refractivity contribution in [2.24, 2.45) is 17.8 Å². The summed E-state index contributed by atoms with van der Waals surface area (Å²) in [5, 5.41) is 0. The summed E-state index contributed by atoms with van der Waals surface area (Å²) >= 11 is 0. The van der Waals surface area contributed by atoms with Crippen LogP contribution in [0.15, 0.2) is 181 Å². The Morgan fingerprint density at radius 1 is 0.500 bits per heavy atom. The number of ether oxygens (including phenoxy) is 4. The van der Waals surface area contributed by atoms with Crippen molar-refractivity contribution in [2.45, 2.75) is 45.8 Å². The molecule has 0 aromatic heterocycles. The molecule has 4 heterocycles. The zero-order valence-electron chi connectivity index (χ0n) is 40.0. The minimum atomic E-state index is 0.384. The van der Waals surface area contributed by atoms with E-state index in [9.17, 15) is 0 Å². The molecule has 0 radical (unpaired) electrons. The molecule has 344 valence electrons. The number of para-hydroxylation sites is 8. The van der Waals surface area contributed by atoms with Gasteiger partial charge in [0.15, 0.2) is 23.0 Å². The highest BCUT2D eigenvalue weighted by molar-refractivity contribution is 5.90. The van der Waals surface area contributed by atoms with E-state index in [-0.39, 0.29) is 0 Å². The Labute approximate surface area is 401 Å². The molecule has 0 amide bonds. The van der Waals surface area contributed by atoms with Crippen LogP contribution >= 0.6 is 0 Å². The molecule has 3 aliphatic carbocycles. The molecule has 6 aromatic carbocycles.